The van der Waals surface area contributed by atoms with Gasteiger partial charge in [0.05, 0.1) is 19.6 Å². The molecule has 0 aliphatic heterocycles. The van der Waals surface area contributed by atoms with Crippen molar-refractivity contribution in [1.82, 2.24) is 0 Å². The largest absolute Gasteiger partial charge is 0.606 e. The number of aliphatic carboxylic acids is 1. The number of carbonyl (C=O) groups is 1. The lowest BCUT2D eigenvalue weighted by Crippen LogP contribution is -2.08. The number of methoxy groups -OCH3 is 1. The number of carboxylic acid groups (broad SMARTS) is 1. The van der Waals surface area contributed by atoms with E-state index in [0.717, 1.165) is 15.5 Å². The first-order chi connectivity index (χ1) is 16.0. The second-order valence-corrected chi connectivity index (χ2v) is 9.60. The molecular weight excluding hydrogens is 460 g/mol. The van der Waals surface area contributed by atoms with Gasteiger partial charge in [0, 0.05) is 34.1 Å². The molecule has 0 spiro atoms. The quantitative estimate of drug-likeness (QED) is 0.283. The average Bonchev–Trinajstić information content (AvgIpc) is 2.79. The molecule has 1 unspecified atom stereocenters. The van der Waals surface area contributed by atoms with Crippen LogP contribution in [0.15, 0.2) is 86.3 Å². The minimum atomic E-state index is -1.48. The van der Waals surface area contributed by atoms with Gasteiger partial charge in [0.2, 0.25) is 0 Å². The summed E-state index contributed by atoms with van der Waals surface area (Å²) in [7, 11) is 1.57. The fourth-order valence-corrected chi connectivity index (χ4v) is 5.04. The number of rotatable bonds is 12. The second-order valence-electron chi connectivity index (χ2n) is 6.97. The van der Waals surface area contributed by atoms with E-state index in [1.54, 1.807) is 37.1 Å². The minimum absolute atomic E-state index is 0.179. The summed E-state index contributed by atoms with van der Waals surface area (Å²) in [5.41, 5.74) is 0.530. The Hall–Kier alpha value is -2.65. The molecule has 174 valence electrons. The first kappa shape index (κ1) is 25.0. The van der Waals surface area contributed by atoms with Crippen LogP contribution in [-0.2, 0) is 27.1 Å². The number of hydrogen-bond donors (Lipinski definition) is 1. The van der Waals surface area contributed by atoms with Crippen molar-refractivity contribution in [3.05, 3.63) is 72.3 Å². The zero-order valence-electron chi connectivity index (χ0n) is 18.5. The van der Waals surface area contributed by atoms with Gasteiger partial charge in [-0.1, -0.05) is 17.8 Å². The lowest BCUT2D eigenvalue weighted by atomic mass is 10.1. The molecule has 0 fully saturated rings. The van der Waals surface area contributed by atoms with Crippen molar-refractivity contribution in [3.63, 3.8) is 0 Å². The molecule has 0 bridgehead atoms. The molecule has 1 atom stereocenters. The number of benzene rings is 3. The Morgan fingerprint density at radius 1 is 0.939 bits per heavy atom. The highest BCUT2D eigenvalue weighted by Gasteiger charge is 2.18. The van der Waals surface area contributed by atoms with Gasteiger partial charge in [-0.2, -0.15) is 0 Å². The lowest BCUT2D eigenvalue weighted by Gasteiger charge is -2.14. The van der Waals surface area contributed by atoms with Crippen molar-refractivity contribution in [2.75, 3.05) is 26.9 Å². The summed E-state index contributed by atoms with van der Waals surface area (Å²) in [6, 6.07) is 20.3. The maximum absolute atomic E-state index is 13.2. The fourth-order valence-electron chi connectivity index (χ4n) is 3.04. The van der Waals surface area contributed by atoms with Crippen LogP contribution in [0.1, 0.15) is 12.5 Å². The Kier molecular flexibility index (Phi) is 9.50. The van der Waals surface area contributed by atoms with Crippen LogP contribution in [0.2, 0.25) is 0 Å². The van der Waals surface area contributed by atoms with E-state index in [-0.39, 0.29) is 6.42 Å². The van der Waals surface area contributed by atoms with E-state index >= 15 is 0 Å². The molecule has 0 aliphatic rings. The van der Waals surface area contributed by atoms with Crippen LogP contribution in [0, 0.1) is 0 Å². The van der Waals surface area contributed by atoms with E-state index in [1.165, 1.54) is 0 Å². The molecule has 0 amide bonds. The third-order valence-corrected chi connectivity index (χ3v) is 6.82. The summed E-state index contributed by atoms with van der Waals surface area (Å²) in [6.45, 7) is 3.27. The van der Waals surface area contributed by atoms with E-state index in [2.05, 4.69) is 0 Å². The first-order valence-electron chi connectivity index (χ1n) is 10.4. The minimum Gasteiger partial charge on any atom is -0.606 e. The molecule has 0 aliphatic carbocycles. The topological polar surface area (TPSA) is 88.1 Å². The van der Waals surface area contributed by atoms with Crippen LogP contribution in [0.25, 0.3) is 0 Å². The van der Waals surface area contributed by atoms with Crippen LogP contribution in [0.3, 0.4) is 0 Å². The molecule has 0 radical (unpaired) electrons. The van der Waals surface area contributed by atoms with Gasteiger partial charge < -0.3 is 23.9 Å². The Bertz CT molecular complexity index is 1060. The highest BCUT2D eigenvalue weighted by Crippen LogP contribution is 2.32. The Labute approximate surface area is 201 Å². The normalized spacial score (nSPS) is 11.7. The average molecular weight is 487 g/mol. The molecule has 8 heteroatoms. The molecule has 3 rings (SSSR count). The summed E-state index contributed by atoms with van der Waals surface area (Å²) >= 11 is 0.107. The SMILES string of the molecule is CCOc1cccc(Sc2ccc([S+]([O-])c3cc(CC(=O)O)cc(OCCOC)c3)cc2)c1. The highest BCUT2D eigenvalue weighted by molar-refractivity contribution is 7.99. The van der Waals surface area contributed by atoms with Gasteiger partial charge in [-0.15, -0.1) is 0 Å². The predicted octanol–water partition coefficient (Wildman–Crippen LogP) is 5.06. The summed E-state index contributed by atoms with van der Waals surface area (Å²) in [4.78, 5) is 14.4. The van der Waals surface area contributed by atoms with E-state index in [9.17, 15) is 14.5 Å². The molecular formula is C25H26O6S2. The first-order valence-corrected chi connectivity index (χ1v) is 12.3. The third-order valence-electron chi connectivity index (χ3n) is 4.46. The summed E-state index contributed by atoms with van der Waals surface area (Å²) in [5.74, 6) is 0.330. The van der Waals surface area contributed by atoms with Gasteiger partial charge in [0.25, 0.3) is 0 Å². The maximum Gasteiger partial charge on any atom is 0.307 e. The van der Waals surface area contributed by atoms with Crippen molar-refractivity contribution >= 4 is 28.9 Å². The van der Waals surface area contributed by atoms with Crippen molar-refractivity contribution in [3.8, 4) is 11.5 Å². The number of ether oxygens (including phenoxy) is 3. The highest BCUT2D eigenvalue weighted by atomic mass is 32.2. The second kappa shape index (κ2) is 12.6. The molecule has 0 saturated carbocycles. The zero-order valence-corrected chi connectivity index (χ0v) is 20.1. The molecule has 3 aromatic rings. The van der Waals surface area contributed by atoms with E-state index < -0.39 is 17.1 Å². The van der Waals surface area contributed by atoms with Gasteiger partial charge in [-0.05, 0) is 67.1 Å². The van der Waals surface area contributed by atoms with Crippen LogP contribution in [-0.4, -0.2) is 42.6 Å². The van der Waals surface area contributed by atoms with Gasteiger partial charge in [-0.3, -0.25) is 4.79 Å². The maximum atomic E-state index is 13.2. The Morgan fingerprint density at radius 3 is 2.42 bits per heavy atom. The van der Waals surface area contributed by atoms with E-state index in [1.807, 2.05) is 55.5 Å². The summed E-state index contributed by atoms with van der Waals surface area (Å²) in [5, 5.41) is 9.17. The lowest BCUT2D eigenvalue weighted by molar-refractivity contribution is -0.136. The van der Waals surface area contributed by atoms with Gasteiger partial charge >= 0.3 is 5.97 Å². The van der Waals surface area contributed by atoms with E-state index in [4.69, 9.17) is 14.2 Å². The van der Waals surface area contributed by atoms with Gasteiger partial charge in [0.1, 0.15) is 18.1 Å². The van der Waals surface area contributed by atoms with Crippen molar-refractivity contribution in [1.29, 1.82) is 0 Å². The summed E-state index contributed by atoms with van der Waals surface area (Å²) in [6.07, 6.45) is -0.179. The monoisotopic (exact) mass is 486 g/mol. The molecule has 33 heavy (non-hydrogen) atoms. The molecule has 0 aromatic heterocycles. The van der Waals surface area contributed by atoms with Crippen LogP contribution >= 0.6 is 11.8 Å². The smallest absolute Gasteiger partial charge is 0.307 e. The third kappa shape index (κ3) is 7.71. The van der Waals surface area contributed by atoms with Crippen LogP contribution in [0.5, 0.6) is 11.5 Å². The fraction of sp³-hybridized carbons (Fsp3) is 0.240. The van der Waals surface area contributed by atoms with Gasteiger partial charge in [0.15, 0.2) is 9.79 Å². The predicted molar refractivity (Wildman–Crippen MR) is 128 cm³/mol. The number of carboxylic acids is 1. The molecule has 0 heterocycles. The number of hydrogen-bond acceptors (Lipinski definition) is 6. The molecule has 0 saturated heterocycles. The zero-order chi connectivity index (χ0) is 23.6. The Morgan fingerprint density at radius 2 is 1.73 bits per heavy atom. The molecule has 6 nitrogen and oxygen atoms in total. The van der Waals surface area contributed by atoms with Crippen molar-refractivity contribution < 1.29 is 28.7 Å². The van der Waals surface area contributed by atoms with Gasteiger partial charge in [-0.25, -0.2) is 0 Å². The summed E-state index contributed by atoms with van der Waals surface area (Å²) < 4.78 is 29.4. The van der Waals surface area contributed by atoms with E-state index in [0.29, 0.717) is 40.9 Å². The van der Waals surface area contributed by atoms with Crippen molar-refractivity contribution in [2.45, 2.75) is 32.9 Å². The molecule has 1 N–H and O–H groups in total. The Balaban J connectivity index is 1.76. The van der Waals surface area contributed by atoms with Crippen LogP contribution in [0.4, 0.5) is 0 Å². The molecule has 3 aromatic carbocycles. The van der Waals surface area contributed by atoms with Crippen molar-refractivity contribution in [2.24, 2.45) is 0 Å². The standard InChI is InChI=1S/C25H26O6S2/c1-3-30-19-5-4-6-22(16-19)32-21-7-9-23(10-8-21)33(28)24-14-18(15-25(26)27)13-20(17-24)31-12-11-29-2/h4-10,13-14,16-17H,3,11-12,15H2,1-2H3,(H,26,27). The van der Waals surface area contributed by atoms with Crippen LogP contribution < -0.4 is 9.47 Å².